The van der Waals surface area contributed by atoms with Gasteiger partial charge in [-0.1, -0.05) is 29.3 Å². The third kappa shape index (κ3) is 3.51. The van der Waals surface area contributed by atoms with Crippen molar-refractivity contribution in [2.75, 3.05) is 0 Å². The highest BCUT2D eigenvalue weighted by atomic mass is 79.9. The summed E-state index contributed by atoms with van der Waals surface area (Å²) in [7, 11) is 0. The summed E-state index contributed by atoms with van der Waals surface area (Å²) in [5.41, 5.74) is 1.98. The summed E-state index contributed by atoms with van der Waals surface area (Å²) in [5.74, 6) is 1.54. The first kappa shape index (κ1) is 14.9. The first-order chi connectivity index (χ1) is 9.15. The predicted molar refractivity (Wildman–Crippen MR) is 81.5 cm³/mol. The molecule has 0 heterocycles. The Balaban J connectivity index is 2.22. The molecule has 0 aliphatic heterocycles. The molecule has 3 heteroatoms. The Hall–Kier alpha value is -0.540. The number of rotatable bonds is 4. The van der Waals surface area contributed by atoms with Crippen LogP contribution in [0.2, 0.25) is 0 Å². The minimum Gasteiger partial charge on any atom is -0.489 e. The average Bonchev–Trinajstić information content (AvgIpc) is 2.42. The Morgan fingerprint density at radius 2 is 2.05 bits per heavy atom. The van der Waals surface area contributed by atoms with Crippen molar-refractivity contribution in [3.05, 3.63) is 27.7 Å². The molecule has 19 heavy (non-hydrogen) atoms. The number of hydrogen-bond donors (Lipinski definition) is 1. The van der Waals surface area contributed by atoms with E-state index in [-0.39, 0.29) is 6.61 Å². The van der Waals surface area contributed by atoms with Gasteiger partial charge in [-0.25, -0.2) is 0 Å². The lowest BCUT2D eigenvalue weighted by atomic mass is 9.84. The van der Waals surface area contributed by atoms with E-state index in [0.29, 0.717) is 12.0 Å². The van der Waals surface area contributed by atoms with E-state index >= 15 is 0 Å². The first-order valence-electron chi connectivity index (χ1n) is 7.22. The van der Waals surface area contributed by atoms with Crippen LogP contribution in [-0.4, -0.2) is 11.2 Å². The quantitative estimate of drug-likeness (QED) is 0.876. The topological polar surface area (TPSA) is 29.5 Å². The molecule has 1 fully saturated rings. The van der Waals surface area contributed by atoms with Gasteiger partial charge in [0.1, 0.15) is 11.9 Å². The van der Waals surface area contributed by atoms with Gasteiger partial charge in [-0.05, 0) is 56.2 Å². The molecule has 2 nitrogen and oxygen atoms in total. The van der Waals surface area contributed by atoms with Crippen molar-refractivity contribution < 1.29 is 9.84 Å². The van der Waals surface area contributed by atoms with Crippen LogP contribution < -0.4 is 4.74 Å². The molecule has 2 rings (SSSR count). The fourth-order valence-corrected chi connectivity index (χ4v) is 3.65. The van der Waals surface area contributed by atoms with Crippen LogP contribution in [0.3, 0.4) is 0 Å². The van der Waals surface area contributed by atoms with Gasteiger partial charge in [0.05, 0.1) is 6.61 Å². The van der Waals surface area contributed by atoms with Crippen molar-refractivity contribution in [1.29, 1.82) is 0 Å². The summed E-state index contributed by atoms with van der Waals surface area (Å²) in [4.78, 5) is 0. The van der Waals surface area contributed by atoms with Gasteiger partial charge in [-0.15, -0.1) is 0 Å². The maximum atomic E-state index is 9.52. The molecule has 0 bridgehead atoms. The first-order valence-corrected chi connectivity index (χ1v) is 8.01. The molecule has 0 spiro atoms. The summed E-state index contributed by atoms with van der Waals surface area (Å²) >= 11 is 3.47. The lowest BCUT2D eigenvalue weighted by molar-refractivity contribution is 0.0870. The van der Waals surface area contributed by atoms with E-state index in [1.54, 1.807) is 0 Å². The molecular weight excluding hydrogens is 304 g/mol. The molecule has 1 aromatic rings. The maximum Gasteiger partial charge on any atom is 0.128 e. The molecule has 2 atom stereocenters. The summed E-state index contributed by atoms with van der Waals surface area (Å²) in [6.07, 6.45) is 6.47. The summed E-state index contributed by atoms with van der Waals surface area (Å²) < 4.78 is 7.28. The molecule has 1 aliphatic rings. The van der Waals surface area contributed by atoms with Crippen molar-refractivity contribution in [2.24, 2.45) is 5.92 Å². The smallest absolute Gasteiger partial charge is 0.128 e. The number of aliphatic hydroxyl groups is 1. The molecular formula is C16H23BrO2. The van der Waals surface area contributed by atoms with Crippen LogP contribution in [0.1, 0.15) is 50.2 Å². The molecule has 0 aromatic heterocycles. The summed E-state index contributed by atoms with van der Waals surface area (Å²) in [6, 6.07) is 4.00. The third-order valence-corrected chi connectivity index (χ3v) is 4.58. The normalized spacial score (nSPS) is 23.4. The van der Waals surface area contributed by atoms with E-state index in [2.05, 4.69) is 28.9 Å². The number of halogens is 1. The minimum atomic E-state index is 0.0269. The number of ether oxygens (including phenoxy) is 1. The zero-order valence-electron chi connectivity index (χ0n) is 11.8. The lowest BCUT2D eigenvalue weighted by Crippen LogP contribution is -2.30. The lowest BCUT2D eigenvalue weighted by Gasteiger charge is -2.32. The van der Waals surface area contributed by atoms with Crippen LogP contribution in [0, 0.1) is 12.8 Å². The molecule has 106 valence electrons. The molecule has 1 aliphatic carbocycles. The van der Waals surface area contributed by atoms with Crippen LogP contribution in [0.25, 0.3) is 0 Å². The predicted octanol–water partition coefficient (Wildman–Crippen LogP) is 4.60. The summed E-state index contributed by atoms with van der Waals surface area (Å²) in [5, 5.41) is 9.52. The van der Waals surface area contributed by atoms with Gasteiger partial charge in [-0.2, -0.15) is 0 Å². The van der Waals surface area contributed by atoms with Crippen molar-refractivity contribution in [3.63, 3.8) is 0 Å². The van der Waals surface area contributed by atoms with Crippen molar-refractivity contribution in [2.45, 2.75) is 58.7 Å². The second-order valence-electron chi connectivity index (χ2n) is 5.48. The number of hydrogen-bond acceptors (Lipinski definition) is 2. The van der Waals surface area contributed by atoms with Gasteiger partial charge in [0, 0.05) is 10.0 Å². The molecule has 0 radical (unpaired) electrons. The molecule has 1 aromatic carbocycles. The Bertz CT molecular complexity index is 431. The highest BCUT2D eigenvalue weighted by Gasteiger charge is 2.26. The average molecular weight is 327 g/mol. The zero-order valence-corrected chi connectivity index (χ0v) is 13.4. The molecule has 2 unspecified atom stereocenters. The largest absolute Gasteiger partial charge is 0.489 e. The Morgan fingerprint density at radius 1 is 1.32 bits per heavy atom. The van der Waals surface area contributed by atoms with E-state index in [9.17, 15) is 5.11 Å². The second kappa shape index (κ2) is 6.76. The monoisotopic (exact) mass is 326 g/mol. The van der Waals surface area contributed by atoms with Crippen LogP contribution in [-0.2, 0) is 6.61 Å². The van der Waals surface area contributed by atoms with Gasteiger partial charge in [-0.3, -0.25) is 0 Å². The van der Waals surface area contributed by atoms with Gasteiger partial charge in [0.15, 0.2) is 0 Å². The zero-order chi connectivity index (χ0) is 13.8. The standard InChI is InChI=1S/C16H23BrO2/c1-3-12-6-4-5-7-15(12)19-16-11(2)8-14(17)9-13(16)10-18/h8-9,12,15,18H,3-7,10H2,1-2H3. The van der Waals surface area contributed by atoms with E-state index in [0.717, 1.165) is 27.8 Å². The van der Waals surface area contributed by atoms with Gasteiger partial charge in [0.25, 0.3) is 0 Å². The molecule has 1 saturated carbocycles. The molecule has 0 amide bonds. The Labute approximate surface area is 124 Å². The van der Waals surface area contributed by atoms with Gasteiger partial charge < -0.3 is 9.84 Å². The van der Waals surface area contributed by atoms with E-state index in [1.165, 1.54) is 25.7 Å². The van der Waals surface area contributed by atoms with Crippen molar-refractivity contribution in [3.8, 4) is 5.75 Å². The minimum absolute atomic E-state index is 0.0269. The second-order valence-corrected chi connectivity index (χ2v) is 6.39. The number of aliphatic hydroxyl groups excluding tert-OH is 1. The highest BCUT2D eigenvalue weighted by molar-refractivity contribution is 9.10. The fraction of sp³-hybridized carbons (Fsp3) is 0.625. The van der Waals surface area contributed by atoms with Crippen molar-refractivity contribution >= 4 is 15.9 Å². The third-order valence-electron chi connectivity index (χ3n) is 4.12. The Kier molecular flexibility index (Phi) is 5.28. The maximum absolute atomic E-state index is 9.52. The van der Waals surface area contributed by atoms with Crippen LogP contribution in [0.5, 0.6) is 5.75 Å². The van der Waals surface area contributed by atoms with Crippen LogP contribution in [0.15, 0.2) is 16.6 Å². The van der Waals surface area contributed by atoms with Crippen LogP contribution >= 0.6 is 15.9 Å². The summed E-state index contributed by atoms with van der Waals surface area (Å²) in [6.45, 7) is 4.32. The highest BCUT2D eigenvalue weighted by Crippen LogP contribution is 2.34. The fourth-order valence-electron chi connectivity index (χ4n) is 3.03. The van der Waals surface area contributed by atoms with Gasteiger partial charge >= 0.3 is 0 Å². The van der Waals surface area contributed by atoms with Crippen LogP contribution in [0.4, 0.5) is 0 Å². The Morgan fingerprint density at radius 3 is 2.74 bits per heavy atom. The SMILES string of the molecule is CCC1CCCCC1Oc1c(C)cc(Br)cc1CO. The number of aryl methyl sites for hydroxylation is 1. The van der Waals surface area contributed by atoms with E-state index < -0.39 is 0 Å². The van der Waals surface area contributed by atoms with E-state index in [1.807, 2.05) is 13.0 Å². The van der Waals surface area contributed by atoms with Gasteiger partial charge in [0.2, 0.25) is 0 Å². The number of benzene rings is 1. The molecule has 1 N–H and O–H groups in total. The molecule has 0 saturated heterocycles. The van der Waals surface area contributed by atoms with Crippen molar-refractivity contribution in [1.82, 2.24) is 0 Å². The van der Waals surface area contributed by atoms with E-state index in [4.69, 9.17) is 4.74 Å².